The van der Waals surface area contributed by atoms with Gasteiger partial charge in [0.2, 0.25) is 5.91 Å². The van der Waals surface area contributed by atoms with Gasteiger partial charge >= 0.3 is 0 Å². The highest BCUT2D eigenvalue weighted by Gasteiger charge is 2.23. The number of hydrogen-bond acceptors (Lipinski definition) is 3. The summed E-state index contributed by atoms with van der Waals surface area (Å²) in [5, 5.41) is 6.06. The van der Waals surface area contributed by atoms with Gasteiger partial charge in [-0.3, -0.25) is 9.59 Å². The van der Waals surface area contributed by atoms with E-state index in [-0.39, 0.29) is 17.9 Å². The Morgan fingerprint density at radius 2 is 1.64 bits per heavy atom. The molecule has 0 unspecified atom stereocenters. The second kappa shape index (κ2) is 9.28. The fourth-order valence-electron chi connectivity index (χ4n) is 2.95. The summed E-state index contributed by atoms with van der Waals surface area (Å²) in [7, 11) is 0. The molecule has 0 radical (unpaired) electrons. The van der Waals surface area contributed by atoms with Crippen LogP contribution in [0.4, 0.5) is 0 Å². The predicted molar refractivity (Wildman–Crippen MR) is 115 cm³/mol. The molecule has 1 aliphatic rings. The zero-order valence-corrected chi connectivity index (χ0v) is 17.5. The number of thioether (sulfide) groups is 1. The number of benzene rings is 2. The topological polar surface area (TPSA) is 58.2 Å². The van der Waals surface area contributed by atoms with E-state index in [1.54, 1.807) is 0 Å². The first-order valence-electron chi connectivity index (χ1n) is 9.86. The fraction of sp³-hybridized carbons (Fsp3) is 0.391. The first kappa shape index (κ1) is 20.5. The van der Waals surface area contributed by atoms with Crippen LogP contribution in [0.3, 0.4) is 0 Å². The van der Waals surface area contributed by atoms with Gasteiger partial charge in [0.1, 0.15) is 0 Å². The summed E-state index contributed by atoms with van der Waals surface area (Å²) < 4.78 is 0. The Balaban J connectivity index is 1.62. The van der Waals surface area contributed by atoms with Crippen LogP contribution in [0.2, 0.25) is 0 Å². The third kappa shape index (κ3) is 5.61. The largest absolute Gasteiger partial charge is 0.353 e. The lowest BCUT2D eigenvalue weighted by Crippen LogP contribution is -2.28. The number of amides is 2. The van der Waals surface area contributed by atoms with Crippen molar-refractivity contribution < 1.29 is 9.59 Å². The van der Waals surface area contributed by atoms with Gasteiger partial charge in [-0.05, 0) is 48.9 Å². The Morgan fingerprint density at radius 3 is 2.29 bits per heavy atom. The molecular weight excluding hydrogens is 368 g/mol. The maximum Gasteiger partial charge on any atom is 0.252 e. The lowest BCUT2D eigenvalue weighted by atomic mass is 9.99. The van der Waals surface area contributed by atoms with Gasteiger partial charge in [-0.25, -0.2) is 0 Å². The Hall–Kier alpha value is -2.27. The van der Waals surface area contributed by atoms with Gasteiger partial charge in [0.15, 0.2) is 0 Å². The number of carbonyl (C=O) groups excluding carboxylic acids is 2. The SMILES string of the molecule is CC(C)c1ccc([C@@H](C)NC(=O)c2ccccc2SCC(=O)NC2CC2)cc1. The Kier molecular flexibility index (Phi) is 6.79. The van der Waals surface area contributed by atoms with Crippen LogP contribution in [0.15, 0.2) is 53.4 Å². The van der Waals surface area contributed by atoms with Crippen LogP contribution in [0.5, 0.6) is 0 Å². The third-order valence-corrected chi connectivity index (χ3v) is 5.96. The average molecular weight is 397 g/mol. The van der Waals surface area contributed by atoms with Crippen LogP contribution in [-0.2, 0) is 4.79 Å². The van der Waals surface area contributed by atoms with E-state index in [4.69, 9.17) is 0 Å². The van der Waals surface area contributed by atoms with Gasteiger partial charge in [0.05, 0.1) is 17.4 Å². The molecule has 5 heteroatoms. The molecule has 2 aromatic carbocycles. The Morgan fingerprint density at radius 1 is 1.00 bits per heavy atom. The van der Waals surface area contributed by atoms with E-state index >= 15 is 0 Å². The molecule has 2 N–H and O–H groups in total. The molecule has 0 heterocycles. The van der Waals surface area contributed by atoms with Crippen molar-refractivity contribution in [1.29, 1.82) is 0 Å². The second-order valence-corrected chi connectivity index (χ2v) is 8.66. The van der Waals surface area contributed by atoms with Crippen LogP contribution >= 0.6 is 11.8 Å². The summed E-state index contributed by atoms with van der Waals surface area (Å²) >= 11 is 1.41. The smallest absolute Gasteiger partial charge is 0.252 e. The minimum absolute atomic E-state index is 0.0290. The van der Waals surface area contributed by atoms with E-state index in [1.807, 2.05) is 31.2 Å². The monoisotopic (exact) mass is 396 g/mol. The minimum Gasteiger partial charge on any atom is -0.353 e. The number of nitrogens with one attached hydrogen (secondary N) is 2. The van der Waals surface area contributed by atoms with Gasteiger partial charge in [-0.15, -0.1) is 11.8 Å². The molecule has 3 rings (SSSR count). The van der Waals surface area contributed by atoms with Crippen molar-refractivity contribution in [3.05, 3.63) is 65.2 Å². The molecule has 0 aliphatic heterocycles. The minimum atomic E-state index is -0.119. The van der Waals surface area contributed by atoms with Crippen LogP contribution in [-0.4, -0.2) is 23.6 Å². The molecule has 148 valence electrons. The maximum absolute atomic E-state index is 12.8. The van der Waals surface area contributed by atoms with Gasteiger partial charge in [0.25, 0.3) is 5.91 Å². The van der Waals surface area contributed by atoms with Crippen molar-refractivity contribution in [3.8, 4) is 0 Å². The molecular formula is C23H28N2O2S. The number of rotatable bonds is 8. The van der Waals surface area contributed by atoms with E-state index in [1.165, 1.54) is 17.3 Å². The molecule has 2 amide bonds. The standard InChI is InChI=1S/C23H28N2O2S/c1-15(2)17-8-10-18(11-9-17)16(3)24-23(27)20-6-4-5-7-21(20)28-14-22(26)25-19-12-13-19/h4-11,15-16,19H,12-14H2,1-3H3,(H,24,27)(H,25,26)/t16-/m1/s1. The summed E-state index contributed by atoms with van der Waals surface area (Å²) in [6.45, 7) is 6.32. The van der Waals surface area contributed by atoms with E-state index in [0.717, 1.165) is 23.3 Å². The molecule has 1 saturated carbocycles. The van der Waals surface area contributed by atoms with Crippen LogP contribution in [0.1, 0.15) is 67.1 Å². The van der Waals surface area contributed by atoms with E-state index in [9.17, 15) is 9.59 Å². The summed E-state index contributed by atoms with van der Waals surface area (Å²) in [6.07, 6.45) is 2.15. The number of carbonyl (C=O) groups is 2. The highest BCUT2D eigenvalue weighted by molar-refractivity contribution is 8.00. The molecule has 0 aromatic heterocycles. The van der Waals surface area contributed by atoms with Crippen LogP contribution in [0.25, 0.3) is 0 Å². The van der Waals surface area contributed by atoms with Crippen LogP contribution < -0.4 is 10.6 Å². The molecule has 1 atom stereocenters. The normalized spacial score (nSPS) is 14.6. The third-order valence-electron chi connectivity index (χ3n) is 4.88. The molecule has 0 saturated heterocycles. The van der Waals surface area contributed by atoms with E-state index in [0.29, 0.717) is 23.3 Å². The number of hydrogen-bond donors (Lipinski definition) is 2. The fourth-order valence-corrected chi connectivity index (χ4v) is 3.81. The molecule has 0 spiro atoms. The van der Waals surface area contributed by atoms with Gasteiger partial charge in [-0.2, -0.15) is 0 Å². The summed E-state index contributed by atoms with van der Waals surface area (Å²) in [4.78, 5) is 25.6. The van der Waals surface area contributed by atoms with Gasteiger partial charge in [0, 0.05) is 10.9 Å². The highest BCUT2D eigenvalue weighted by atomic mass is 32.2. The molecule has 1 aliphatic carbocycles. The van der Waals surface area contributed by atoms with Gasteiger partial charge in [-0.1, -0.05) is 50.2 Å². The van der Waals surface area contributed by atoms with E-state index in [2.05, 4.69) is 48.7 Å². The summed E-state index contributed by atoms with van der Waals surface area (Å²) in [5.74, 6) is 0.722. The Bertz CT molecular complexity index is 829. The van der Waals surface area contributed by atoms with Crippen molar-refractivity contribution >= 4 is 23.6 Å². The predicted octanol–water partition coefficient (Wildman–Crippen LogP) is 4.67. The molecule has 1 fully saturated rings. The van der Waals surface area contributed by atoms with Crippen molar-refractivity contribution in [2.75, 3.05) is 5.75 Å². The summed E-state index contributed by atoms with van der Waals surface area (Å²) in [5.41, 5.74) is 2.97. The van der Waals surface area contributed by atoms with E-state index < -0.39 is 0 Å². The van der Waals surface area contributed by atoms with Crippen molar-refractivity contribution in [2.24, 2.45) is 0 Å². The quantitative estimate of drug-likeness (QED) is 0.638. The molecule has 2 aromatic rings. The van der Waals surface area contributed by atoms with Crippen LogP contribution in [0, 0.1) is 0 Å². The lowest BCUT2D eigenvalue weighted by Gasteiger charge is -2.17. The first-order chi connectivity index (χ1) is 13.4. The van der Waals surface area contributed by atoms with Crippen molar-refractivity contribution in [3.63, 3.8) is 0 Å². The summed E-state index contributed by atoms with van der Waals surface area (Å²) in [6, 6.07) is 16.1. The first-order valence-corrected chi connectivity index (χ1v) is 10.8. The van der Waals surface area contributed by atoms with Crippen molar-refractivity contribution in [1.82, 2.24) is 10.6 Å². The lowest BCUT2D eigenvalue weighted by molar-refractivity contribution is -0.118. The molecule has 4 nitrogen and oxygen atoms in total. The highest BCUT2D eigenvalue weighted by Crippen LogP contribution is 2.25. The molecule has 0 bridgehead atoms. The molecule has 28 heavy (non-hydrogen) atoms. The average Bonchev–Trinajstić information content (AvgIpc) is 3.50. The zero-order chi connectivity index (χ0) is 20.1. The zero-order valence-electron chi connectivity index (χ0n) is 16.7. The van der Waals surface area contributed by atoms with Gasteiger partial charge < -0.3 is 10.6 Å². The Labute approximate surface area is 171 Å². The maximum atomic E-state index is 12.8. The second-order valence-electron chi connectivity index (χ2n) is 7.64. The van der Waals surface area contributed by atoms with Crippen molar-refractivity contribution in [2.45, 2.75) is 56.5 Å².